The summed E-state index contributed by atoms with van der Waals surface area (Å²) >= 11 is 0. The average molecular weight is 1230 g/mol. The summed E-state index contributed by atoms with van der Waals surface area (Å²) in [7, 11) is 0. The van der Waals surface area contributed by atoms with Crippen molar-refractivity contribution in [3.05, 3.63) is 328 Å². The molecule has 0 spiro atoms. The largest absolute Gasteiger partial charge is 0.454 e. The van der Waals surface area contributed by atoms with Crippen molar-refractivity contribution in [1.29, 1.82) is 0 Å². The van der Waals surface area contributed by atoms with Crippen LogP contribution in [0.5, 0.6) is 0 Å². The van der Waals surface area contributed by atoms with Gasteiger partial charge in [0, 0.05) is 87.6 Å². The number of benzene rings is 14. The molecule has 96 heavy (non-hydrogen) atoms. The fourth-order valence-corrected chi connectivity index (χ4v) is 15.4. The number of para-hydroxylation sites is 10. The SMILES string of the molecule is c1ccc(-c2nc(-c3ccccc3)nc(-c3cc(-n4c5ccccc5c5ccccc54)c(N(c4ccccc4)c4cccc5c4oc4ccccc45)c(-n4c5ccccc5c5c6c(c7ccccc7n6-c6ccccc6)c6c(c7ccccc7n6-c6ccccc6)c54)c3)n2)cc1. The first-order valence-electron chi connectivity index (χ1n) is 32.5. The number of anilines is 3. The van der Waals surface area contributed by atoms with Gasteiger partial charge >= 0.3 is 0 Å². The second kappa shape index (κ2) is 21.2. The third-order valence-electron chi connectivity index (χ3n) is 19.3. The van der Waals surface area contributed by atoms with Crippen molar-refractivity contribution in [1.82, 2.24) is 33.2 Å². The van der Waals surface area contributed by atoms with Crippen LogP contribution in [0.2, 0.25) is 0 Å². The van der Waals surface area contributed by atoms with Gasteiger partial charge in [-0.2, -0.15) is 0 Å². The molecule has 0 unspecified atom stereocenters. The number of fused-ring (bicyclic) bond motifs is 18. The molecule has 0 N–H and O–H groups in total. The average Bonchev–Trinajstić information content (AvgIpc) is 1.50. The first-order chi connectivity index (χ1) is 47.7. The molecule has 0 aliphatic heterocycles. The van der Waals surface area contributed by atoms with E-state index in [-0.39, 0.29) is 0 Å². The van der Waals surface area contributed by atoms with Crippen LogP contribution in [-0.2, 0) is 0 Å². The van der Waals surface area contributed by atoms with Crippen LogP contribution >= 0.6 is 0 Å². The van der Waals surface area contributed by atoms with Crippen molar-refractivity contribution in [2.75, 3.05) is 4.90 Å². The van der Waals surface area contributed by atoms with Gasteiger partial charge in [-0.1, -0.05) is 237 Å². The molecule has 6 aromatic heterocycles. The Bertz CT molecular complexity index is 6320. The maximum absolute atomic E-state index is 7.25. The quantitative estimate of drug-likeness (QED) is 0.136. The zero-order chi connectivity index (χ0) is 63.0. The molecule has 0 saturated carbocycles. The Kier molecular flexibility index (Phi) is 11.8. The molecule has 0 aliphatic carbocycles. The van der Waals surface area contributed by atoms with Gasteiger partial charge in [-0.25, -0.2) is 15.0 Å². The number of aromatic nitrogens is 7. The van der Waals surface area contributed by atoms with Crippen LogP contribution in [0, 0.1) is 0 Å². The van der Waals surface area contributed by atoms with Gasteiger partial charge in [0.1, 0.15) is 5.58 Å². The minimum Gasteiger partial charge on any atom is -0.454 e. The van der Waals surface area contributed by atoms with E-state index < -0.39 is 0 Å². The van der Waals surface area contributed by atoms with Gasteiger partial charge in [-0.05, 0) is 91.0 Å². The Morgan fingerprint density at radius 3 is 1.11 bits per heavy atom. The van der Waals surface area contributed by atoms with Crippen molar-refractivity contribution in [3.63, 3.8) is 0 Å². The zero-order valence-electron chi connectivity index (χ0n) is 51.7. The van der Waals surface area contributed by atoms with Gasteiger partial charge in [-0.3, -0.25) is 0 Å². The Labute approximate surface area is 550 Å². The maximum atomic E-state index is 7.25. The molecule has 0 amide bonds. The van der Waals surface area contributed by atoms with E-state index in [9.17, 15) is 0 Å². The molecule has 20 aromatic rings. The summed E-state index contributed by atoms with van der Waals surface area (Å²) < 4.78 is 17.3. The normalized spacial score (nSPS) is 12.0. The van der Waals surface area contributed by atoms with E-state index in [0.717, 1.165) is 166 Å². The standard InChI is InChI=1S/C87H54N8O/c1-6-29-55(30-7-1)85-88-86(56-31-8-2-9-32-56)90-87(89-85)57-53-74(94-68-46-22-16-39-61(68)62-40-17-23-47-69(62)94)80(93(60-37-14-5-15-38-60)73-51-28-45-64-63-41-21-27-52-76(63)96-84(64)73)75(54-57)95-72-50-26-20-44-67(72)79-82-77(65-42-18-24-48-70(65)91(82)58-33-10-3-11-34-58)81-78(83(79)95)66-43-19-25-49-71(66)92(81)59-35-12-4-13-36-59/h1-54H. The highest BCUT2D eigenvalue weighted by Gasteiger charge is 2.34. The third kappa shape index (κ3) is 7.95. The van der Waals surface area contributed by atoms with E-state index in [1.807, 2.05) is 36.4 Å². The summed E-state index contributed by atoms with van der Waals surface area (Å²) in [5, 5.41) is 11.1. The minimum atomic E-state index is 0.515. The van der Waals surface area contributed by atoms with Crippen LogP contribution in [0.3, 0.4) is 0 Å². The first kappa shape index (κ1) is 53.5. The van der Waals surface area contributed by atoms with E-state index in [1.165, 1.54) is 0 Å². The first-order valence-corrected chi connectivity index (χ1v) is 32.5. The predicted octanol–water partition coefficient (Wildman–Crippen LogP) is 22.6. The lowest BCUT2D eigenvalue weighted by Gasteiger charge is -2.31. The minimum absolute atomic E-state index is 0.515. The smallest absolute Gasteiger partial charge is 0.164 e. The number of rotatable bonds is 10. The highest BCUT2D eigenvalue weighted by atomic mass is 16.3. The fraction of sp³-hybridized carbons (Fsp3) is 0. The second-order valence-electron chi connectivity index (χ2n) is 24.6. The summed E-state index contributed by atoms with van der Waals surface area (Å²) in [4.78, 5) is 19.0. The van der Waals surface area contributed by atoms with Crippen LogP contribution < -0.4 is 4.90 Å². The maximum Gasteiger partial charge on any atom is 0.164 e. The molecule has 14 aromatic carbocycles. The van der Waals surface area contributed by atoms with Gasteiger partial charge in [0.25, 0.3) is 0 Å². The summed E-state index contributed by atoms with van der Waals surface area (Å²) in [6, 6.07) is 117. The highest BCUT2D eigenvalue weighted by Crippen LogP contribution is 2.55. The topological polar surface area (TPSA) is 74.8 Å². The molecule has 448 valence electrons. The molecular formula is C87H54N8O. The predicted molar refractivity (Wildman–Crippen MR) is 395 cm³/mol. The Morgan fingerprint density at radius 1 is 0.271 bits per heavy atom. The van der Waals surface area contributed by atoms with Gasteiger partial charge in [0.05, 0.1) is 66.9 Å². The van der Waals surface area contributed by atoms with Gasteiger partial charge in [0.15, 0.2) is 23.1 Å². The summed E-state index contributed by atoms with van der Waals surface area (Å²) in [5.74, 6) is 1.64. The Morgan fingerprint density at radius 2 is 0.625 bits per heavy atom. The molecule has 0 saturated heterocycles. The van der Waals surface area contributed by atoms with Crippen molar-refractivity contribution in [2.24, 2.45) is 0 Å². The second-order valence-corrected chi connectivity index (χ2v) is 24.6. The molecule has 0 aliphatic rings. The number of hydrogen-bond donors (Lipinski definition) is 0. The van der Waals surface area contributed by atoms with Crippen LogP contribution in [0.15, 0.2) is 332 Å². The highest BCUT2D eigenvalue weighted by molar-refractivity contribution is 6.40. The Hall–Kier alpha value is -13.1. The lowest BCUT2D eigenvalue weighted by Crippen LogP contribution is -2.17. The van der Waals surface area contributed by atoms with Crippen LogP contribution in [0.1, 0.15) is 0 Å². The van der Waals surface area contributed by atoms with E-state index in [2.05, 4.69) is 314 Å². The molecule has 6 heterocycles. The van der Waals surface area contributed by atoms with Crippen LogP contribution in [-0.4, -0.2) is 33.2 Å². The molecule has 0 fully saturated rings. The van der Waals surface area contributed by atoms with E-state index in [0.29, 0.717) is 17.5 Å². The Balaban J connectivity index is 1.07. The molecule has 0 atom stereocenters. The van der Waals surface area contributed by atoms with Gasteiger partial charge in [0.2, 0.25) is 0 Å². The lowest BCUT2D eigenvalue weighted by molar-refractivity contribution is 0.669. The van der Waals surface area contributed by atoms with Crippen molar-refractivity contribution < 1.29 is 4.42 Å². The van der Waals surface area contributed by atoms with Gasteiger partial charge < -0.3 is 27.6 Å². The molecular weight excluding hydrogens is 1170 g/mol. The van der Waals surface area contributed by atoms with Crippen molar-refractivity contribution in [2.45, 2.75) is 0 Å². The molecule has 0 radical (unpaired) electrons. The molecule has 9 heteroatoms. The summed E-state index contributed by atoms with van der Waals surface area (Å²) in [6.07, 6.45) is 0. The van der Waals surface area contributed by atoms with Crippen LogP contribution in [0.25, 0.3) is 166 Å². The van der Waals surface area contributed by atoms with Crippen LogP contribution in [0.4, 0.5) is 17.1 Å². The van der Waals surface area contributed by atoms with Crippen molar-refractivity contribution in [3.8, 4) is 56.9 Å². The number of furan rings is 1. The van der Waals surface area contributed by atoms with E-state index in [4.69, 9.17) is 19.4 Å². The van der Waals surface area contributed by atoms with Gasteiger partial charge in [-0.15, -0.1) is 0 Å². The molecule has 0 bridgehead atoms. The lowest BCUT2D eigenvalue weighted by atomic mass is 10.0. The number of hydrogen-bond acceptors (Lipinski definition) is 5. The number of nitrogens with zero attached hydrogens (tertiary/aromatic N) is 8. The van der Waals surface area contributed by atoms with E-state index >= 15 is 0 Å². The fourth-order valence-electron chi connectivity index (χ4n) is 15.4. The van der Waals surface area contributed by atoms with E-state index in [1.54, 1.807) is 0 Å². The monoisotopic (exact) mass is 1230 g/mol. The molecule has 9 nitrogen and oxygen atoms in total. The van der Waals surface area contributed by atoms with Crippen molar-refractivity contribution >= 4 is 126 Å². The summed E-state index contributed by atoms with van der Waals surface area (Å²) in [6.45, 7) is 0. The summed E-state index contributed by atoms with van der Waals surface area (Å²) in [5.41, 5.74) is 19.2. The zero-order valence-corrected chi connectivity index (χ0v) is 51.7. The molecule has 20 rings (SSSR count). The third-order valence-corrected chi connectivity index (χ3v) is 19.3.